The standard InChI is InChI=1S/C17H25FN2O2/c1-22-11-3-9-19-17(21)13-20(16-6-7-16)10-8-14-4-2-5-15(18)12-14/h2,4-5,12,16H,3,6-11,13H2,1H3,(H,19,21). The van der Waals surface area contributed by atoms with Crippen LogP contribution in [0.2, 0.25) is 0 Å². The summed E-state index contributed by atoms with van der Waals surface area (Å²) in [4.78, 5) is 14.2. The van der Waals surface area contributed by atoms with E-state index in [0.29, 0.717) is 25.7 Å². The molecule has 0 atom stereocenters. The Labute approximate surface area is 131 Å². The molecule has 1 aromatic carbocycles. The zero-order valence-corrected chi connectivity index (χ0v) is 13.2. The number of nitrogens with one attached hydrogen (secondary N) is 1. The number of methoxy groups -OCH3 is 1. The Balaban J connectivity index is 1.74. The number of hydrogen-bond donors (Lipinski definition) is 1. The topological polar surface area (TPSA) is 41.6 Å². The molecule has 0 spiro atoms. The first kappa shape index (κ1) is 16.9. The van der Waals surface area contributed by atoms with Gasteiger partial charge in [0.1, 0.15) is 5.82 Å². The Morgan fingerprint density at radius 2 is 2.27 bits per heavy atom. The van der Waals surface area contributed by atoms with Crippen molar-refractivity contribution >= 4 is 5.91 Å². The van der Waals surface area contributed by atoms with Crippen molar-refractivity contribution in [3.05, 3.63) is 35.6 Å². The van der Waals surface area contributed by atoms with E-state index in [4.69, 9.17) is 4.74 Å². The van der Waals surface area contributed by atoms with E-state index in [9.17, 15) is 9.18 Å². The maximum absolute atomic E-state index is 13.2. The van der Waals surface area contributed by atoms with Crippen molar-refractivity contribution in [2.24, 2.45) is 0 Å². The molecule has 0 saturated heterocycles. The lowest BCUT2D eigenvalue weighted by Gasteiger charge is -2.21. The minimum Gasteiger partial charge on any atom is -0.385 e. The van der Waals surface area contributed by atoms with Gasteiger partial charge in [-0.15, -0.1) is 0 Å². The van der Waals surface area contributed by atoms with Gasteiger partial charge in [-0.25, -0.2) is 4.39 Å². The third kappa shape index (κ3) is 6.12. The molecule has 5 heteroatoms. The highest BCUT2D eigenvalue weighted by Gasteiger charge is 2.29. The average Bonchev–Trinajstić information content (AvgIpc) is 3.33. The lowest BCUT2D eigenvalue weighted by molar-refractivity contribution is -0.122. The molecule has 122 valence electrons. The van der Waals surface area contributed by atoms with Crippen LogP contribution in [-0.2, 0) is 16.0 Å². The summed E-state index contributed by atoms with van der Waals surface area (Å²) in [5.74, 6) is -0.145. The second-order valence-corrected chi connectivity index (χ2v) is 5.78. The van der Waals surface area contributed by atoms with Gasteiger partial charge in [-0.05, 0) is 43.4 Å². The van der Waals surface area contributed by atoms with Crippen molar-refractivity contribution in [1.82, 2.24) is 10.2 Å². The van der Waals surface area contributed by atoms with Crippen LogP contribution in [0.4, 0.5) is 4.39 Å². The summed E-state index contributed by atoms with van der Waals surface area (Å²) in [5.41, 5.74) is 0.978. The molecule has 1 fully saturated rings. The van der Waals surface area contributed by atoms with Gasteiger partial charge in [0.15, 0.2) is 0 Å². The van der Waals surface area contributed by atoms with Crippen LogP contribution in [-0.4, -0.2) is 50.2 Å². The fraction of sp³-hybridized carbons (Fsp3) is 0.588. The van der Waals surface area contributed by atoms with Crippen LogP contribution < -0.4 is 5.32 Å². The predicted octanol–water partition coefficient (Wildman–Crippen LogP) is 1.99. The summed E-state index contributed by atoms with van der Waals surface area (Å²) in [6.45, 7) is 2.52. The summed E-state index contributed by atoms with van der Waals surface area (Å²) >= 11 is 0. The Kier molecular flexibility index (Phi) is 6.80. The Hall–Kier alpha value is -1.46. The highest BCUT2D eigenvalue weighted by Crippen LogP contribution is 2.26. The monoisotopic (exact) mass is 308 g/mol. The van der Waals surface area contributed by atoms with E-state index < -0.39 is 0 Å². The molecule has 1 aromatic rings. The van der Waals surface area contributed by atoms with Gasteiger partial charge >= 0.3 is 0 Å². The second kappa shape index (κ2) is 8.86. The van der Waals surface area contributed by atoms with Gasteiger partial charge in [0.05, 0.1) is 6.54 Å². The summed E-state index contributed by atoms with van der Waals surface area (Å²) in [6.07, 6.45) is 3.90. The number of carbonyl (C=O) groups is 1. The average molecular weight is 308 g/mol. The lowest BCUT2D eigenvalue weighted by Crippen LogP contribution is -2.40. The van der Waals surface area contributed by atoms with Crippen LogP contribution in [0.3, 0.4) is 0 Å². The van der Waals surface area contributed by atoms with Gasteiger partial charge in [-0.3, -0.25) is 9.69 Å². The number of benzene rings is 1. The number of halogens is 1. The van der Waals surface area contributed by atoms with E-state index in [1.807, 2.05) is 6.07 Å². The molecule has 0 unspecified atom stereocenters. The fourth-order valence-electron chi connectivity index (χ4n) is 2.48. The Morgan fingerprint density at radius 1 is 1.45 bits per heavy atom. The third-order valence-electron chi connectivity index (χ3n) is 3.83. The molecular weight excluding hydrogens is 283 g/mol. The van der Waals surface area contributed by atoms with Crippen LogP contribution in [0.1, 0.15) is 24.8 Å². The molecule has 1 aliphatic rings. The van der Waals surface area contributed by atoms with Crippen molar-refractivity contribution in [3.8, 4) is 0 Å². The Morgan fingerprint density at radius 3 is 2.95 bits per heavy atom. The molecule has 1 amide bonds. The largest absolute Gasteiger partial charge is 0.385 e. The first-order valence-corrected chi connectivity index (χ1v) is 7.93. The molecule has 0 aromatic heterocycles. The molecule has 22 heavy (non-hydrogen) atoms. The molecule has 4 nitrogen and oxygen atoms in total. The quantitative estimate of drug-likeness (QED) is 0.672. The maximum atomic E-state index is 13.2. The smallest absolute Gasteiger partial charge is 0.234 e. The van der Waals surface area contributed by atoms with Gasteiger partial charge in [-0.1, -0.05) is 12.1 Å². The minimum atomic E-state index is -0.202. The zero-order chi connectivity index (χ0) is 15.8. The maximum Gasteiger partial charge on any atom is 0.234 e. The van der Waals surface area contributed by atoms with Gasteiger partial charge in [0.25, 0.3) is 0 Å². The molecule has 0 heterocycles. The van der Waals surface area contributed by atoms with Crippen molar-refractivity contribution in [2.75, 3.05) is 33.4 Å². The number of rotatable bonds is 10. The van der Waals surface area contributed by atoms with E-state index in [1.165, 1.54) is 6.07 Å². The third-order valence-corrected chi connectivity index (χ3v) is 3.83. The lowest BCUT2D eigenvalue weighted by atomic mass is 10.1. The highest BCUT2D eigenvalue weighted by molar-refractivity contribution is 5.78. The highest BCUT2D eigenvalue weighted by atomic mass is 19.1. The molecule has 2 rings (SSSR count). The number of hydrogen-bond acceptors (Lipinski definition) is 3. The molecule has 0 radical (unpaired) electrons. The SMILES string of the molecule is COCCCNC(=O)CN(CCc1cccc(F)c1)C1CC1. The fourth-order valence-corrected chi connectivity index (χ4v) is 2.48. The minimum absolute atomic E-state index is 0.0576. The summed E-state index contributed by atoms with van der Waals surface area (Å²) in [6, 6.07) is 7.19. The van der Waals surface area contributed by atoms with E-state index in [2.05, 4.69) is 10.2 Å². The first-order chi connectivity index (χ1) is 10.7. The molecular formula is C17H25FN2O2. The number of amides is 1. The van der Waals surface area contributed by atoms with Crippen LogP contribution in [0.5, 0.6) is 0 Å². The molecule has 0 aliphatic heterocycles. The van der Waals surface area contributed by atoms with Crippen molar-refractivity contribution < 1.29 is 13.9 Å². The van der Waals surface area contributed by atoms with Gasteiger partial charge in [0, 0.05) is 32.8 Å². The van der Waals surface area contributed by atoms with Gasteiger partial charge in [-0.2, -0.15) is 0 Å². The van der Waals surface area contributed by atoms with Gasteiger partial charge < -0.3 is 10.1 Å². The summed E-state index contributed by atoms with van der Waals surface area (Å²) < 4.78 is 18.1. The van der Waals surface area contributed by atoms with Crippen molar-refractivity contribution in [1.29, 1.82) is 0 Å². The van der Waals surface area contributed by atoms with Crippen LogP contribution in [0.25, 0.3) is 0 Å². The Bertz CT molecular complexity index is 477. The van der Waals surface area contributed by atoms with E-state index in [-0.39, 0.29) is 11.7 Å². The first-order valence-electron chi connectivity index (χ1n) is 7.93. The molecule has 1 aliphatic carbocycles. The zero-order valence-electron chi connectivity index (χ0n) is 13.2. The van der Waals surface area contributed by atoms with Gasteiger partial charge in [0.2, 0.25) is 5.91 Å². The van der Waals surface area contributed by atoms with Crippen LogP contribution in [0, 0.1) is 5.82 Å². The normalized spacial score (nSPS) is 14.3. The van der Waals surface area contributed by atoms with Crippen molar-refractivity contribution in [2.45, 2.75) is 31.7 Å². The second-order valence-electron chi connectivity index (χ2n) is 5.78. The molecule has 0 bridgehead atoms. The molecule has 1 saturated carbocycles. The van der Waals surface area contributed by atoms with Crippen LogP contribution >= 0.6 is 0 Å². The van der Waals surface area contributed by atoms with Crippen LogP contribution in [0.15, 0.2) is 24.3 Å². The van der Waals surface area contributed by atoms with E-state index >= 15 is 0 Å². The summed E-state index contributed by atoms with van der Waals surface area (Å²) in [5, 5.41) is 2.92. The number of ether oxygens (including phenoxy) is 1. The number of carbonyl (C=O) groups excluding carboxylic acids is 1. The predicted molar refractivity (Wildman–Crippen MR) is 84.2 cm³/mol. The molecule has 1 N–H and O–H groups in total. The number of nitrogens with zero attached hydrogens (tertiary/aromatic N) is 1. The summed E-state index contributed by atoms with van der Waals surface area (Å²) in [7, 11) is 1.66. The van der Waals surface area contributed by atoms with E-state index in [0.717, 1.165) is 37.8 Å². The van der Waals surface area contributed by atoms with Crippen molar-refractivity contribution in [3.63, 3.8) is 0 Å². The van der Waals surface area contributed by atoms with E-state index in [1.54, 1.807) is 19.2 Å².